The van der Waals surface area contributed by atoms with E-state index in [4.69, 9.17) is 5.26 Å². The largest absolute Gasteiger partial charge is 0.384 e. The fourth-order valence-corrected chi connectivity index (χ4v) is 2.00. The Morgan fingerprint density at radius 1 is 1.56 bits per heavy atom. The molecular formula is C12H15BrN2S. The minimum absolute atomic E-state index is 0.644. The van der Waals surface area contributed by atoms with Gasteiger partial charge in [0.1, 0.15) is 6.07 Å². The zero-order valence-corrected chi connectivity index (χ0v) is 11.9. The second-order valence-electron chi connectivity index (χ2n) is 3.56. The molecule has 0 amide bonds. The number of anilines is 1. The van der Waals surface area contributed by atoms with Gasteiger partial charge in [0.25, 0.3) is 0 Å². The van der Waals surface area contributed by atoms with Gasteiger partial charge in [-0.2, -0.15) is 17.0 Å². The van der Waals surface area contributed by atoms with Crippen molar-refractivity contribution in [2.45, 2.75) is 18.6 Å². The van der Waals surface area contributed by atoms with E-state index in [1.807, 2.05) is 30.0 Å². The molecular weight excluding hydrogens is 284 g/mol. The Kier molecular flexibility index (Phi) is 5.72. The minimum atomic E-state index is 0.644. The molecule has 0 heterocycles. The Bertz CT molecular complexity index is 387. The molecule has 4 heteroatoms. The van der Waals surface area contributed by atoms with Crippen LogP contribution in [0.1, 0.15) is 18.9 Å². The lowest BCUT2D eigenvalue weighted by Crippen LogP contribution is -2.08. The number of nitriles is 1. The highest BCUT2D eigenvalue weighted by atomic mass is 79.9. The summed E-state index contributed by atoms with van der Waals surface area (Å²) in [7, 11) is 0. The average molecular weight is 299 g/mol. The van der Waals surface area contributed by atoms with Gasteiger partial charge in [-0.15, -0.1) is 0 Å². The van der Waals surface area contributed by atoms with Gasteiger partial charge in [0, 0.05) is 16.3 Å². The van der Waals surface area contributed by atoms with Gasteiger partial charge in [-0.1, -0.05) is 22.9 Å². The average Bonchev–Trinajstić information content (AvgIpc) is 2.29. The van der Waals surface area contributed by atoms with E-state index >= 15 is 0 Å². The molecule has 0 aliphatic carbocycles. The van der Waals surface area contributed by atoms with E-state index in [0.717, 1.165) is 23.1 Å². The quantitative estimate of drug-likeness (QED) is 0.896. The predicted molar refractivity (Wildman–Crippen MR) is 74.9 cm³/mol. The molecule has 0 spiro atoms. The van der Waals surface area contributed by atoms with Crippen molar-refractivity contribution in [2.24, 2.45) is 0 Å². The number of thioether (sulfide) groups is 1. The SMILES string of the molecule is CSC(C)CCNc1cc(Br)ccc1C#N. The first-order valence-corrected chi connectivity index (χ1v) is 7.21. The van der Waals surface area contributed by atoms with Crippen LogP contribution in [0.2, 0.25) is 0 Å². The molecule has 2 nitrogen and oxygen atoms in total. The lowest BCUT2D eigenvalue weighted by Gasteiger charge is -2.11. The molecule has 0 saturated carbocycles. The summed E-state index contributed by atoms with van der Waals surface area (Å²) < 4.78 is 0.993. The van der Waals surface area contributed by atoms with Crippen molar-refractivity contribution in [1.29, 1.82) is 5.26 Å². The summed E-state index contributed by atoms with van der Waals surface area (Å²) in [5, 5.41) is 12.9. The van der Waals surface area contributed by atoms with Crippen molar-refractivity contribution in [2.75, 3.05) is 18.1 Å². The lowest BCUT2D eigenvalue weighted by molar-refractivity contribution is 0.853. The summed E-state index contributed by atoms with van der Waals surface area (Å²) in [6.45, 7) is 3.10. The van der Waals surface area contributed by atoms with Crippen LogP contribution in [-0.4, -0.2) is 18.1 Å². The van der Waals surface area contributed by atoms with Gasteiger partial charge in [-0.25, -0.2) is 0 Å². The highest BCUT2D eigenvalue weighted by Gasteiger charge is 2.03. The van der Waals surface area contributed by atoms with Crippen molar-refractivity contribution in [1.82, 2.24) is 0 Å². The molecule has 0 aromatic heterocycles. The zero-order chi connectivity index (χ0) is 12.0. The third kappa shape index (κ3) is 4.07. The summed E-state index contributed by atoms with van der Waals surface area (Å²) in [6.07, 6.45) is 3.21. The number of nitrogens with one attached hydrogen (secondary N) is 1. The van der Waals surface area contributed by atoms with Crippen LogP contribution in [-0.2, 0) is 0 Å². The lowest BCUT2D eigenvalue weighted by atomic mass is 10.2. The predicted octanol–water partition coefficient (Wildman–Crippen LogP) is 3.87. The molecule has 1 aromatic rings. The van der Waals surface area contributed by atoms with Gasteiger partial charge in [-0.05, 0) is 30.9 Å². The Hall–Kier alpha value is -0.660. The smallest absolute Gasteiger partial charge is 0.101 e. The maximum atomic E-state index is 8.95. The fourth-order valence-electron chi connectivity index (χ4n) is 1.29. The molecule has 86 valence electrons. The van der Waals surface area contributed by atoms with Crippen LogP contribution in [0.15, 0.2) is 22.7 Å². The Balaban J connectivity index is 2.59. The first-order valence-electron chi connectivity index (χ1n) is 5.13. The zero-order valence-electron chi connectivity index (χ0n) is 9.46. The van der Waals surface area contributed by atoms with Crippen molar-refractivity contribution in [3.8, 4) is 6.07 Å². The number of nitrogens with zero attached hydrogens (tertiary/aromatic N) is 1. The Morgan fingerprint density at radius 2 is 2.31 bits per heavy atom. The summed E-state index contributed by atoms with van der Waals surface area (Å²) in [4.78, 5) is 0. The summed E-state index contributed by atoms with van der Waals surface area (Å²) >= 11 is 5.27. The fraction of sp³-hybridized carbons (Fsp3) is 0.417. The topological polar surface area (TPSA) is 35.8 Å². The molecule has 1 N–H and O–H groups in total. The van der Waals surface area contributed by atoms with E-state index in [2.05, 4.69) is 40.5 Å². The van der Waals surface area contributed by atoms with Crippen LogP contribution in [0.4, 0.5) is 5.69 Å². The number of halogens is 1. The van der Waals surface area contributed by atoms with Crippen molar-refractivity contribution in [3.63, 3.8) is 0 Å². The van der Waals surface area contributed by atoms with Crippen LogP contribution >= 0.6 is 27.7 Å². The molecule has 0 fully saturated rings. The van der Waals surface area contributed by atoms with E-state index < -0.39 is 0 Å². The molecule has 1 aromatic carbocycles. The minimum Gasteiger partial charge on any atom is -0.384 e. The Labute approximate surface area is 110 Å². The van der Waals surface area contributed by atoms with Gasteiger partial charge in [0.05, 0.1) is 11.3 Å². The number of hydrogen-bond donors (Lipinski definition) is 1. The second kappa shape index (κ2) is 6.82. The summed E-state index contributed by atoms with van der Waals surface area (Å²) in [6, 6.07) is 7.84. The van der Waals surface area contributed by atoms with E-state index in [0.29, 0.717) is 10.8 Å². The number of rotatable bonds is 5. The van der Waals surface area contributed by atoms with Crippen LogP contribution in [0.25, 0.3) is 0 Å². The molecule has 0 aliphatic rings. The third-order valence-corrected chi connectivity index (χ3v) is 3.90. The first kappa shape index (κ1) is 13.4. The molecule has 1 unspecified atom stereocenters. The van der Waals surface area contributed by atoms with Gasteiger partial charge in [-0.3, -0.25) is 0 Å². The van der Waals surface area contributed by atoms with Crippen LogP contribution in [0.3, 0.4) is 0 Å². The second-order valence-corrected chi connectivity index (χ2v) is 5.76. The number of benzene rings is 1. The molecule has 0 saturated heterocycles. The van der Waals surface area contributed by atoms with Crippen molar-refractivity contribution in [3.05, 3.63) is 28.2 Å². The Morgan fingerprint density at radius 3 is 2.94 bits per heavy atom. The highest BCUT2D eigenvalue weighted by Crippen LogP contribution is 2.21. The first-order chi connectivity index (χ1) is 7.67. The molecule has 0 radical (unpaired) electrons. The van der Waals surface area contributed by atoms with Gasteiger partial charge >= 0.3 is 0 Å². The monoisotopic (exact) mass is 298 g/mol. The van der Waals surface area contributed by atoms with E-state index in [-0.39, 0.29) is 0 Å². The van der Waals surface area contributed by atoms with Crippen LogP contribution in [0, 0.1) is 11.3 Å². The van der Waals surface area contributed by atoms with E-state index in [9.17, 15) is 0 Å². The van der Waals surface area contributed by atoms with Crippen molar-refractivity contribution < 1.29 is 0 Å². The molecule has 0 aliphatic heterocycles. The summed E-state index contributed by atoms with van der Waals surface area (Å²) in [5.74, 6) is 0. The number of hydrogen-bond acceptors (Lipinski definition) is 3. The summed E-state index contributed by atoms with van der Waals surface area (Å²) in [5.41, 5.74) is 1.60. The maximum absolute atomic E-state index is 8.95. The molecule has 0 bridgehead atoms. The van der Waals surface area contributed by atoms with Crippen molar-refractivity contribution >= 4 is 33.4 Å². The van der Waals surface area contributed by atoms with Crippen LogP contribution < -0.4 is 5.32 Å². The normalized spacial score (nSPS) is 11.9. The van der Waals surface area contributed by atoms with Crippen LogP contribution in [0.5, 0.6) is 0 Å². The van der Waals surface area contributed by atoms with Gasteiger partial charge in [0.2, 0.25) is 0 Å². The van der Waals surface area contributed by atoms with Gasteiger partial charge in [0.15, 0.2) is 0 Å². The molecule has 1 rings (SSSR count). The van der Waals surface area contributed by atoms with E-state index in [1.54, 1.807) is 0 Å². The molecule has 1 atom stereocenters. The van der Waals surface area contributed by atoms with E-state index in [1.165, 1.54) is 0 Å². The maximum Gasteiger partial charge on any atom is 0.101 e. The standard InChI is InChI=1S/C12H15BrN2S/c1-9(16-2)5-6-15-12-7-11(13)4-3-10(12)8-14/h3-4,7,9,15H,5-6H2,1-2H3. The third-order valence-electron chi connectivity index (χ3n) is 2.37. The molecule has 16 heavy (non-hydrogen) atoms. The highest BCUT2D eigenvalue weighted by molar-refractivity contribution is 9.10. The van der Waals surface area contributed by atoms with Gasteiger partial charge < -0.3 is 5.32 Å².